The zero-order valence-electron chi connectivity index (χ0n) is 9.93. The van der Waals surface area contributed by atoms with Crippen LogP contribution in [0.5, 0.6) is 0 Å². The number of hydrogen-bond acceptors (Lipinski definition) is 2. The fraction of sp³-hybridized carbons (Fsp3) is 0.231. The average molecular weight is 265 g/mol. The average Bonchev–Trinajstić information content (AvgIpc) is 2.64. The summed E-state index contributed by atoms with van der Waals surface area (Å²) in [6.07, 6.45) is 1.62. The molecule has 0 atom stereocenters. The fourth-order valence-electron chi connectivity index (χ4n) is 1.83. The minimum absolute atomic E-state index is 0.0315. The van der Waals surface area contributed by atoms with Crippen LogP contribution in [0.25, 0.3) is 0 Å². The van der Waals surface area contributed by atoms with Gasteiger partial charge in [-0.05, 0) is 18.6 Å². The summed E-state index contributed by atoms with van der Waals surface area (Å²) in [6.45, 7) is 2.34. The maximum absolute atomic E-state index is 10.8. The van der Waals surface area contributed by atoms with Crippen LogP contribution in [-0.2, 0) is 17.8 Å². The second-order valence-corrected chi connectivity index (χ2v) is 4.47. The SMILES string of the molecule is Cc1ncn(Cc2ccccc2Cl)c1CC(=O)O. The molecule has 2 aromatic rings. The Morgan fingerprint density at radius 3 is 2.83 bits per heavy atom. The number of imidazole rings is 1. The number of benzene rings is 1. The molecule has 0 saturated carbocycles. The molecule has 0 saturated heterocycles. The number of halogens is 1. The van der Waals surface area contributed by atoms with Gasteiger partial charge in [-0.15, -0.1) is 0 Å². The molecular formula is C13H13ClN2O2. The van der Waals surface area contributed by atoms with Crippen LogP contribution in [0.15, 0.2) is 30.6 Å². The molecule has 18 heavy (non-hydrogen) atoms. The first-order chi connectivity index (χ1) is 8.58. The van der Waals surface area contributed by atoms with Crippen LogP contribution >= 0.6 is 11.6 Å². The highest BCUT2D eigenvalue weighted by Gasteiger charge is 2.12. The van der Waals surface area contributed by atoms with E-state index < -0.39 is 5.97 Å². The van der Waals surface area contributed by atoms with E-state index in [4.69, 9.17) is 16.7 Å². The first-order valence-corrected chi connectivity index (χ1v) is 5.91. The highest BCUT2D eigenvalue weighted by atomic mass is 35.5. The van der Waals surface area contributed by atoms with Crippen molar-refractivity contribution in [1.82, 2.24) is 9.55 Å². The van der Waals surface area contributed by atoms with Crippen molar-refractivity contribution in [3.05, 3.63) is 52.6 Å². The second-order valence-electron chi connectivity index (χ2n) is 4.07. The number of rotatable bonds is 4. The Bertz CT molecular complexity index is 578. The number of aryl methyl sites for hydroxylation is 1. The standard InChI is InChI=1S/C13H13ClN2O2/c1-9-12(6-13(17)18)16(8-15-9)7-10-4-2-3-5-11(10)14/h2-5,8H,6-7H2,1H3,(H,17,18). The van der Waals surface area contributed by atoms with E-state index in [2.05, 4.69) is 4.98 Å². The molecule has 0 aliphatic heterocycles. The molecule has 4 nitrogen and oxygen atoms in total. The van der Waals surface area contributed by atoms with Gasteiger partial charge in [0.15, 0.2) is 0 Å². The monoisotopic (exact) mass is 264 g/mol. The molecule has 0 bridgehead atoms. The molecule has 0 aliphatic carbocycles. The van der Waals surface area contributed by atoms with Gasteiger partial charge in [0.1, 0.15) is 0 Å². The molecular weight excluding hydrogens is 252 g/mol. The molecule has 2 rings (SSSR count). The summed E-state index contributed by atoms with van der Waals surface area (Å²) >= 11 is 6.09. The summed E-state index contributed by atoms with van der Waals surface area (Å²) in [5, 5.41) is 9.56. The third-order valence-corrected chi connectivity index (χ3v) is 3.14. The van der Waals surface area contributed by atoms with Crippen LogP contribution in [0.2, 0.25) is 5.02 Å². The lowest BCUT2D eigenvalue weighted by Gasteiger charge is -2.09. The zero-order chi connectivity index (χ0) is 13.1. The number of carbonyl (C=O) groups is 1. The summed E-state index contributed by atoms with van der Waals surface area (Å²) in [4.78, 5) is 15.0. The second kappa shape index (κ2) is 5.23. The van der Waals surface area contributed by atoms with Crippen molar-refractivity contribution in [2.75, 3.05) is 0 Å². The predicted octanol–water partition coefficient (Wildman–Crippen LogP) is 2.52. The van der Waals surface area contributed by atoms with Crippen molar-refractivity contribution in [2.24, 2.45) is 0 Å². The van der Waals surface area contributed by atoms with E-state index >= 15 is 0 Å². The number of aliphatic carboxylic acids is 1. The van der Waals surface area contributed by atoms with Crippen LogP contribution in [-0.4, -0.2) is 20.6 Å². The van der Waals surface area contributed by atoms with E-state index in [0.717, 1.165) is 11.3 Å². The van der Waals surface area contributed by atoms with E-state index in [0.29, 0.717) is 17.3 Å². The largest absolute Gasteiger partial charge is 0.481 e. The van der Waals surface area contributed by atoms with Crippen molar-refractivity contribution in [3.63, 3.8) is 0 Å². The Balaban J connectivity index is 2.30. The molecule has 0 unspecified atom stereocenters. The highest BCUT2D eigenvalue weighted by Crippen LogP contribution is 2.18. The smallest absolute Gasteiger partial charge is 0.309 e. The Kier molecular flexibility index (Phi) is 3.67. The third-order valence-electron chi connectivity index (χ3n) is 2.77. The lowest BCUT2D eigenvalue weighted by atomic mass is 10.2. The molecule has 5 heteroatoms. The van der Waals surface area contributed by atoms with Crippen molar-refractivity contribution in [1.29, 1.82) is 0 Å². The fourth-order valence-corrected chi connectivity index (χ4v) is 2.02. The van der Waals surface area contributed by atoms with Gasteiger partial charge < -0.3 is 9.67 Å². The van der Waals surface area contributed by atoms with Gasteiger partial charge >= 0.3 is 5.97 Å². The number of aromatic nitrogens is 2. The highest BCUT2D eigenvalue weighted by molar-refractivity contribution is 6.31. The molecule has 0 spiro atoms. The summed E-state index contributed by atoms with van der Waals surface area (Å²) in [7, 11) is 0. The van der Waals surface area contributed by atoms with Gasteiger partial charge in [-0.1, -0.05) is 29.8 Å². The van der Waals surface area contributed by atoms with Gasteiger partial charge in [-0.3, -0.25) is 4.79 Å². The Morgan fingerprint density at radius 2 is 2.17 bits per heavy atom. The van der Waals surface area contributed by atoms with Gasteiger partial charge in [-0.2, -0.15) is 0 Å². The first kappa shape index (κ1) is 12.6. The van der Waals surface area contributed by atoms with Crippen LogP contribution < -0.4 is 0 Å². The third kappa shape index (κ3) is 2.71. The number of carboxylic acids is 1. The Labute approximate surface area is 110 Å². The minimum atomic E-state index is -0.862. The molecule has 1 aromatic carbocycles. The normalized spacial score (nSPS) is 10.6. The first-order valence-electron chi connectivity index (χ1n) is 5.53. The van der Waals surface area contributed by atoms with E-state index in [9.17, 15) is 4.79 Å². The maximum Gasteiger partial charge on any atom is 0.309 e. The van der Waals surface area contributed by atoms with E-state index in [1.165, 1.54) is 0 Å². The van der Waals surface area contributed by atoms with Crippen LogP contribution in [0.4, 0.5) is 0 Å². The van der Waals surface area contributed by atoms with Crippen LogP contribution in [0.3, 0.4) is 0 Å². The van der Waals surface area contributed by atoms with Crippen molar-refractivity contribution in [2.45, 2.75) is 19.9 Å². The molecule has 1 aromatic heterocycles. The van der Waals surface area contributed by atoms with E-state index in [1.807, 2.05) is 28.8 Å². The van der Waals surface area contributed by atoms with E-state index in [1.54, 1.807) is 13.3 Å². The van der Waals surface area contributed by atoms with Crippen LogP contribution in [0.1, 0.15) is 17.0 Å². The zero-order valence-corrected chi connectivity index (χ0v) is 10.7. The van der Waals surface area contributed by atoms with Crippen molar-refractivity contribution < 1.29 is 9.90 Å². The quantitative estimate of drug-likeness (QED) is 0.923. The maximum atomic E-state index is 10.8. The molecule has 1 N–H and O–H groups in total. The van der Waals surface area contributed by atoms with Gasteiger partial charge in [0.2, 0.25) is 0 Å². The molecule has 1 heterocycles. The molecule has 0 aliphatic rings. The van der Waals surface area contributed by atoms with Gasteiger partial charge in [-0.25, -0.2) is 4.98 Å². The number of carboxylic acid groups (broad SMARTS) is 1. The summed E-state index contributed by atoms with van der Waals surface area (Å²) in [5.74, 6) is -0.862. The molecule has 0 fully saturated rings. The van der Waals surface area contributed by atoms with Crippen molar-refractivity contribution >= 4 is 17.6 Å². The Hall–Kier alpha value is -1.81. The van der Waals surface area contributed by atoms with Gasteiger partial charge in [0.25, 0.3) is 0 Å². The summed E-state index contributed by atoms with van der Waals surface area (Å²) in [5.41, 5.74) is 2.40. The lowest BCUT2D eigenvalue weighted by molar-refractivity contribution is -0.136. The van der Waals surface area contributed by atoms with Gasteiger partial charge in [0.05, 0.1) is 30.7 Å². The number of nitrogens with zero attached hydrogens (tertiary/aromatic N) is 2. The van der Waals surface area contributed by atoms with Crippen molar-refractivity contribution in [3.8, 4) is 0 Å². The number of hydrogen-bond donors (Lipinski definition) is 1. The van der Waals surface area contributed by atoms with E-state index in [-0.39, 0.29) is 6.42 Å². The lowest BCUT2D eigenvalue weighted by Crippen LogP contribution is -2.09. The summed E-state index contributed by atoms with van der Waals surface area (Å²) < 4.78 is 1.82. The molecule has 0 radical (unpaired) electrons. The van der Waals surface area contributed by atoms with Crippen LogP contribution in [0, 0.1) is 6.92 Å². The predicted molar refractivity (Wildman–Crippen MR) is 68.9 cm³/mol. The topological polar surface area (TPSA) is 55.1 Å². The molecule has 0 amide bonds. The Morgan fingerprint density at radius 1 is 1.44 bits per heavy atom. The minimum Gasteiger partial charge on any atom is -0.481 e. The van der Waals surface area contributed by atoms with Gasteiger partial charge in [0, 0.05) is 5.02 Å². The molecule has 94 valence electrons. The summed E-state index contributed by atoms with van der Waals surface area (Å²) in [6, 6.07) is 7.50.